The van der Waals surface area contributed by atoms with Gasteiger partial charge in [-0.3, -0.25) is 9.59 Å². The second kappa shape index (κ2) is 7.00. The molecule has 2 unspecified atom stereocenters. The molecule has 2 aromatic rings. The van der Waals surface area contributed by atoms with E-state index in [0.29, 0.717) is 22.7 Å². The monoisotopic (exact) mass is 344 g/mol. The number of anilines is 1. The van der Waals surface area contributed by atoms with Crippen LogP contribution in [-0.2, 0) is 4.79 Å². The fourth-order valence-electron chi connectivity index (χ4n) is 2.65. The van der Waals surface area contributed by atoms with Crippen LogP contribution in [0.15, 0.2) is 48.5 Å². The molecule has 24 heavy (non-hydrogen) atoms. The van der Waals surface area contributed by atoms with E-state index in [1.807, 2.05) is 24.3 Å². The predicted octanol–water partition coefficient (Wildman–Crippen LogP) is 1.99. The van der Waals surface area contributed by atoms with E-state index in [4.69, 9.17) is 17.3 Å². The van der Waals surface area contributed by atoms with Gasteiger partial charge in [-0.15, -0.1) is 0 Å². The van der Waals surface area contributed by atoms with Crippen LogP contribution in [0.25, 0.3) is 0 Å². The Kier molecular flexibility index (Phi) is 4.80. The number of hydrogen-bond acceptors (Lipinski definition) is 4. The zero-order valence-electron chi connectivity index (χ0n) is 12.8. The number of benzene rings is 2. The van der Waals surface area contributed by atoms with Crippen LogP contribution in [0, 0.1) is 0 Å². The van der Waals surface area contributed by atoms with E-state index in [2.05, 4.69) is 16.2 Å². The van der Waals surface area contributed by atoms with Gasteiger partial charge in [-0.25, -0.2) is 10.9 Å². The Bertz CT molecular complexity index is 781. The van der Waals surface area contributed by atoms with Crippen LogP contribution in [0.3, 0.4) is 0 Å². The van der Waals surface area contributed by atoms with Gasteiger partial charge < -0.3 is 11.1 Å². The number of amides is 2. The molecule has 2 amide bonds. The van der Waals surface area contributed by atoms with Gasteiger partial charge in [0.05, 0.1) is 0 Å². The Morgan fingerprint density at radius 3 is 2.67 bits per heavy atom. The first-order valence-corrected chi connectivity index (χ1v) is 7.88. The van der Waals surface area contributed by atoms with Crippen LogP contribution >= 0.6 is 11.6 Å². The smallest absolute Gasteiger partial charge is 0.248 e. The summed E-state index contributed by atoms with van der Waals surface area (Å²) >= 11 is 6.00. The van der Waals surface area contributed by atoms with Crippen LogP contribution in [-0.4, -0.2) is 17.9 Å². The number of carbonyl (C=O) groups excluding carboxylic acids is 2. The fraction of sp³-hybridized carbons (Fsp3) is 0.176. The summed E-state index contributed by atoms with van der Waals surface area (Å²) in [6.45, 7) is 0. The number of nitrogens with two attached hydrogens (primary N) is 1. The summed E-state index contributed by atoms with van der Waals surface area (Å²) in [5.41, 5.74) is 13.2. The Morgan fingerprint density at radius 1 is 1.12 bits per heavy atom. The van der Waals surface area contributed by atoms with Gasteiger partial charge >= 0.3 is 0 Å². The van der Waals surface area contributed by atoms with Crippen molar-refractivity contribution >= 4 is 29.1 Å². The van der Waals surface area contributed by atoms with Gasteiger partial charge in [0.2, 0.25) is 11.8 Å². The van der Waals surface area contributed by atoms with E-state index in [1.54, 1.807) is 24.3 Å². The quantitative estimate of drug-likeness (QED) is 0.682. The molecule has 7 heteroatoms. The van der Waals surface area contributed by atoms with Gasteiger partial charge in [0.25, 0.3) is 0 Å². The lowest BCUT2D eigenvalue weighted by Crippen LogP contribution is -2.39. The molecule has 1 heterocycles. The van der Waals surface area contributed by atoms with E-state index >= 15 is 0 Å². The van der Waals surface area contributed by atoms with Crippen molar-refractivity contribution in [2.24, 2.45) is 5.73 Å². The number of carbonyl (C=O) groups is 2. The Balaban J connectivity index is 1.64. The van der Waals surface area contributed by atoms with Crippen molar-refractivity contribution in [2.75, 3.05) is 5.32 Å². The molecule has 1 aliphatic rings. The molecule has 1 saturated heterocycles. The maximum Gasteiger partial charge on any atom is 0.248 e. The zero-order chi connectivity index (χ0) is 17.1. The molecular formula is C17H17ClN4O2. The van der Waals surface area contributed by atoms with E-state index in [0.717, 1.165) is 5.56 Å². The highest BCUT2D eigenvalue weighted by Gasteiger charge is 2.30. The molecule has 2 atom stereocenters. The molecule has 2 aromatic carbocycles. The third-order valence-electron chi connectivity index (χ3n) is 3.89. The highest BCUT2D eigenvalue weighted by Crippen LogP contribution is 2.25. The molecular weight excluding hydrogens is 328 g/mol. The van der Waals surface area contributed by atoms with Crippen LogP contribution in [0.4, 0.5) is 5.69 Å². The van der Waals surface area contributed by atoms with Crippen molar-refractivity contribution in [3.05, 3.63) is 64.7 Å². The normalized spacial score (nSPS) is 19.9. The third-order valence-corrected chi connectivity index (χ3v) is 4.12. The predicted molar refractivity (Wildman–Crippen MR) is 92.5 cm³/mol. The molecule has 1 fully saturated rings. The highest BCUT2D eigenvalue weighted by atomic mass is 35.5. The first kappa shape index (κ1) is 16.4. The van der Waals surface area contributed by atoms with Gasteiger partial charge in [-0.1, -0.05) is 29.8 Å². The van der Waals surface area contributed by atoms with E-state index < -0.39 is 11.9 Å². The fourth-order valence-corrected chi connectivity index (χ4v) is 2.85. The molecule has 1 aliphatic heterocycles. The molecule has 124 valence electrons. The van der Waals surface area contributed by atoms with Crippen molar-refractivity contribution in [1.82, 2.24) is 10.9 Å². The lowest BCUT2D eigenvalue weighted by Gasteiger charge is -2.11. The van der Waals surface area contributed by atoms with Gasteiger partial charge in [-0.05, 0) is 42.3 Å². The van der Waals surface area contributed by atoms with E-state index in [-0.39, 0.29) is 11.9 Å². The average molecular weight is 345 g/mol. The molecule has 3 rings (SSSR count). The minimum Gasteiger partial charge on any atom is -0.366 e. The summed E-state index contributed by atoms with van der Waals surface area (Å²) in [7, 11) is 0. The van der Waals surface area contributed by atoms with Crippen LogP contribution < -0.4 is 21.9 Å². The third kappa shape index (κ3) is 3.73. The van der Waals surface area contributed by atoms with Gasteiger partial charge in [0, 0.05) is 22.3 Å². The van der Waals surface area contributed by atoms with E-state index in [9.17, 15) is 9.59 Å². The maximum absolute atomic E-state index is 12.4. The molecule has 0 spiro atoms. The lowest BCUT2D eigenvalue weighted by atomic mass is 10.0. The first-order valence-electron chi connectivity index (χ1n) is 7.50. The highest BCUT2D eigenvalue weighted by molar-refractivity contribution is 6.30. The number of primary amides is 1. The molecule has 0 saturated carbocycles. The van der Waals surface area contributed by atoms with Crippen molar-refractivity contribution in [3.8, 4) is 0 Å². The topological polar surface area (TPSA) is 96.2 Å². The van der Waals surface area contributed by atoms with Gasteiger partial charge in [0.1, 0.15) is 6.04 Å². The van der Waals surface area contributed by atoms with Crippen molar-refractivity contribution in [1.29, 1.82) is 0 Å². The van der Waals surface area contributed by atoms with Crippen LogP contribution in [0.5, 0.6) is 0 Å². The molecule has 0 radical (unpaired) electrons. The Morgan fingerprint density at radius 2 is 1.92 bits per heavy atom. The van der Waals surface area contributed by atoms with Crippen LogP contribution in [0.1, 0.15) is 28.4 Å². The summed E-state index contributed by atoms with van der Waals surface area (Å²) in [6, 6.07) is 13.7. The van der Waals surface area contributed by atoms with Crippen molar-refractivity contribution < 1.29 is 9.59 Å². The Labute approximate surface area is 144 Å². The van der Waals surface area contributed by atoms with Gasteiger partial charge in [0.15, 0.2) is 0 Å². The zero-order valence-corrected chi connectivity index (χ0v) is 13.5. The number of hydrazine groups is 1. The molecule has 5 N–H and O–H groups in total. The maximum atomic E-state index is 12.4. The minimum atomic E-state index is -0.534. The van der Waals surface area contributed by atoms with E-state index in [1.165, 1.54) is 0 Å². The summed E-state index contributed by atoms with van der Waals surface area (Å²) in [5, 5.41) is 3.45. The standard InChI is InChI=1S/C17H17ClN4O2/c18-12-5-1-3-10(7-12)14-9-15(22-21-14)17(24)20-13-6-2-4-11(8-13)16(19)23/h1-8,14-15,21-22H,9H2,(H2,19,23)(H,20,24). The van der Waals surface area contributed by atoms with Gasteiger partial charge in [-0.2, -0.15) is 0 Å². The molecule has 0 aromatic heterocycles. The van der Waals surface area contributed by atoms with Crippen molar-refractivity contribution in [3.63, 3.8) is 0 Å². The lowest BCUT2D eigenvalue weighted by molar-refractivity contribution is -0.117. The SMILES string of the molecule is NC(=O)c1cccc(NC(=O)C2CC(c3cccc(Cl)c3)NN2)c1. The summed E-state index contributed by atoms with van der Waals surface area (Å²) in [6.07, 6.45) is 0.585. The average Bonchev–Trinajstić information content (AvgIpc) is 3.05. The van der Waals surface area contributed by atoms with Crippen LogP contribution in [0.2, 0.25) is 5.02 Å². The second-order valence-corrected chi connectivity index (χ2v) is 6.06. The molecule has 6 nitrogen and oxygen atoms in total. The number of rotatable bonds is 4. The number of nitrogens with one attached hydrogen (secondary N) is 3. The number of hydrogen-bond donors (Lipinski definition) is 4. The Hall–Kier alpha value is -2.41. The molecule has 0 aliphatic carbocycles. The summed E-state index contributed by atoms with van der Waals surface area (Å²) < 4.78 is 0. The summed E-state index contributed by atoms with van der Waals surface area (Å²) in [4.78, 5) is 23.6. The largest absolute Gasteiger partial charge is 0.366 e. The first-order chi connectivity index (χ1) is 11.5. The number of halogens is 1. The molecule has 0 bridgehead atoms. The van der Waals surface area contributed by atoms with Crippen molar-refractivity contribution in [2.45, 2.75) is 18.5 Å². The summed E-state index contributed by atoms with van der Waals surface area (Å²) in [5.74, 6) is -0.721. The minimum absolute atomic E-state index is 0.00333. The second-order valence-electron chi connectivity index (χ2n) is 5.62.